The summed E-state index contributed by atoms with van der Waals surface area (Å²) in [6.45, 7) is 0. The fourth-order valence-electron chi connectivity index (χ4n) is 5.15. The molecule has 6 rings (SSSR count). The van der Waals surface area contributed by atoms with Gasteiger partial charge in [-0.15, -0.1) is 0 Å². The van der Waals surface area contributed by atoms with Gasteiger partial charge in [0.1, 0.15) is 0 Å². The molecule has 0 nitrogen and oxygen atoms in total. The first-order valence-corrected chi connectivity index (χ1v) is 13.6. The Kier molecular flexibility index (Phi) is 6.70. The van der Waals surface area contributed by atoms with Crippen LogP contribution >= 0.6 is 22.6 Å². The molecule has 0 aliphatic heterocycles. The van der Waals surface area contributed by atoms with E-state index in [0.717, 1.165) is 0 Å². The first-order chi connectivity index (χ1) is 18.3. The maximum absolute atomic E-state index is 2.59. The quantitative estimate of drug-likeness (QED) is 0.177. The lowest BCUT2D eigenvalue weighted by atomic mass is 9.79. The average Bonchev–Trinajstić information content (AvgIpc) is 2.98. The van der Waals surface area contributed by atoms with E-state index in [1.807, 2.05) is 0 Å². The third-order valence-corrected chi connectivity index (χ3v) is 7.83. The number of hydrogen-bond acceptors (Lipinski definition) is 0. The number of rotatable bonds is 5. The van der Waals surface area contributed by atoms with Crippen LogP contribution in [0.15, 0.2) is 152 Å². The Balaban J connectivity index is 1.89. The third-order valence-electron chi connectivity index (χ3n) is 6.75. The minimum Gasteiger partial charge on any atom is -0.0622 e. The number of halogens is 1. The molecule has 6 aromatic rings. The van der Waals surface area contributed by atoms with Crippen molar-refractivity contribution in [3.05, 3.63) is 155 Å². The number of hydrogen-bond donors (Lipinski definition) is 0. The van der Waals surface area contributed by atoms with Gasteiger partial charge in [-0.25, -0.2) is 0 Å². The highest BCUT2D eigenvalue weighted by atomic mass is 127. The molecular formula is C36H25I. The van der Waals surface area contributed by atoms with Crippen LogP contribution in [0.3, 0.4) is 0 Å². The number of benzene rings is 6. The molecule has 0 atom stereocenters. The van der Waals surface area contributed by atoms with Gasteiger partial charge in [-0.2, -0.15) is 0 Å². The average molecular weight is 585 g/mol. The van der Waals surface area contributed by atoms with Gasteiger partial charge in [0, 0.05) is 14.7 Å². The van der Waals surface area contributed by atoms with Crippen molar-refractivity contribution in [3.63, 3.8) is 0 Å². The second kappa shape index (κ2) is 10.6. The summed E-state index contributed by atoms with van der Waals surface area (Å²) in [5.41, 5.74) is 12.4. The van der Waals surface area contributed by atoms with E-state index in [1.54, 1.807) is 0 Å². The topological polar surface area (TPSA) is 0 Å². The van der Waals surface area contributed by atoms with Crippen molar-refractivity contribution >= 4 is 22.6 Å². The highest BCUT2D eigenvalue weighted by molar-refractivity contribution is 14.1. The Morgan fingerprint density at radius 1 is 0.243 bits per heavy atom. The summed E-state index contributed by atoms with van der Waals surface area (Å²) in [5, 5.41) is 0. The Bertz CT molecular complexity index is 1520. The summed E-state index contributed by atoms with van der Waals surface area (Å²) in [4.78, 5) is 0. The van der Waals surface area contributed by atoms with Crippen LogP contribution in [0.5, 0.6) is 0 Å². The van der Waals surface area contributed by atoms with Crippen LogP contribution in [-0.4, -0.2) is 0 Å². The molecule has 0 saturated heterocycles. The maximum atomic E-state index is 2.59. The Labute approximate surface area is 232 Å². The van der Waals surface area contributed by atoms with Gasteiger partial charge in [0.25, 0.3) is 0 Å². The van der Waals surface area contributed by atoms with Gasteiger partial charge in [0.05, 0.1) is 0 Å². The van der Waals surface area contributed by atoms with E-state index in [0.29, 0.717) is 0 Å². The second-order valence-corrected chi connectivity index (χ2v) is 10.1. The monoisotopic (exact) mass is 584 g/mol. The zero-order valence-electron chi connectivity index (χ0n) is 20.3. The molecular weight excluding hydrogens is 559 g/mol. The SMILES string of the molecule is Ic1c(-c2ccccc2)c(-c2ccccc2)c(-c2ccccc2)c(-c2ccccc2)c1-c1ccccc1. The molecule has 0 fully saturated rings. The van der Waals surface area contributed by atoms with E-state index in [9.17, 15) is 0 Å². The highest BCUT2D eigenvalue weighted by Gasteiger charge is 2.26. The minimum atomic E-state index is 1.21. The Morgan fingerprint density at radius 3 is 0.676 bits per heavy atom. The molecule has 37 heavy (non-hydrogen) atoms. The van der Waals surface area contributed by atoms with Crippen molar-refractivity contribution in [1.82, 2.24) is 0 Å². The molecule has 176 valence electrons. The molecule has 0 aliphatic rings. The van der Waals surface area contributed by atoms with Crippen molar-refractivity contribution in [1.29, 1.82) is 0 Å². The van der Waals surface area contributed by atoms with Crippen molar-refractivity contribution in [3.8, 4) is 55.6 Å². The molecule has 0 N–H and O–H groups in total. The van der Waals surface area contributed by atoms with Crippen molar-refractivity contribution < 1.29 is 0 Å². The molecule has 1 heteroatoms. The summed E-state index contributed by atoms with van der Waals surface area (Å²) in [6, 6.07) is 54.2. The molecule has 0 amide bonds. The molecule has 0 bridgehead atoms. The van der Waals surface area contributed by atoms with Gasteiger partial charge in [-0.05, 0) is 67.1 Å². The third kappa shape index (κ3) is 4.52. The summed E-state index contributed by atoms with van der Waals surface area (Å²) in [6.07, 6.45) is 0. The second-order valence-electron chi connectivity index (χ2n) is 9.02. The van der Waals surface area contributed by atoms with Crippen LogP contribution in [0.1, 0.15) is 0 Å². The smallest absolute Gasteiger partial charge is 0.0300 e. The summed E-state index contributed by atoms with van der Waals surface area (Å²) in [7, 11) is 0. The van der Waals surface area contributed by atoms with Crippen LogP contribution in [0.25, 0.3) is 55.6 Å². The summed E-state index contributed by atoms with van der Waals surface area (Å²) >= 11 is 2.59. The van der Waals surface area contributed by atoms with Crippen LogP contribution in [0.2, 0.25) is 0 Å². The summed E-state index contributed by atoms with van der Waals surface area (Å²) in [5.74, 6) is 0. The normalized spacial score (nSPS) is 10.8. The van der Waals surface area contributed by atoms with Crippen molar-refractivity contribution in [2.45, 2.75) is 0 Å². The lowest BCUT2D eigenvalue weighted by molar-refractivity contribution is 1.50. The first kappa shape index (κ1) is 23.4. The van der Waals surface area contributed by atoms with E-state index in [-0.39, 0.29) is 0 Å². The van der Waals surface area contributed by atoms with Gasteiger partial charge in [-0.3, -0.25) is 0 Å². The molecule has 0 spiro atoms. The van der Waals surface area contributed by atoms with Gasteiger partial charge >= 0.3 is 0 Å². The molecule has 0 aliphatic carbocycles. The van der Waals surface area contributed by atoms with E-state index in [4.69, 9.17) is 0 Å². The Hall–Kier alpha value is -3.95. The van der Waals surface area contributed by atoms with Gasteiger partial charge in [0.15, 0.2) is 0 Å². The van der Waals surface area contributed by atoms with Crippen molar-refractivity contribution in [2.24, 2.45) is 0 Å². The van der Waals surface area contributed by atoms with Gasteiger partial charge < -0.3 is 0 Å². The lowest BCUT2D eigenvalue weighted by Crippen LogP contribution is -2.01. The first-order valence-electron chi connectivity index (χ1n) is 12.5. The zero-order chi connectivity index (χ0) is 25.0. The fraction of sp³-hybridized carbons (Fsp3) is 0. The predicted octanol–water partition coefficient (Wildman–Crippen LogP) is 10.6. The zero-order valence-corrected chi connectivity index (χ0v) is 22.5. The maximum Gasteiger partial charge on any atom is 0.0300 e. The minimum absolute atomic E-state index is 1.21. The van der Waals surface area contributed by atoms with Crippen LogP contribution in [0, 0.1) is 3.57 Å². The van der Waals surface area contributed by atoms with Crippen LogP contribution in [-0.2, 0) is 0 Å². The van der Waals surface area contributed by atoms with E-state index >= 15 is 0 Å². The summed E-state index contributed by atoms with van der Waals surface area (Å²) < 4.78 is 1.26. The molecule has 6 aromatic carbocycles. The Morgan fingerprint density at radius 2 is 0.432 bits per heavy atom. The molecule has 0 heterocycles. The van der Waals surface area contributed by atoms with Crippen LogP contribution < -0.4 is 0 Å². The molecule has 0 unspecified atom stereocenters. The van der Waals surface area contributed by atoms with E-state index in [2.05, 4.69) is 174 Å². The standard InChI is InChI=1S/C36H25I/c37-36-34(29-22-12-4-13-23-29)32(27-18-8-2-9-19-27)31(26-16-6-1-7-17-26)33(28-20-10-3-11-21-28)35(36)30-24-14-5-15-25-30/h1-25H. The fourth-order valence-corrected chi connectivity index (χ4v) is 6.31. The van der Waals surface area contributed by atoms with Crippen molar-refractivity contribution in [2.75, 3.05) is 0 Å². The molecule has 0 saturated carbocycles. The highest BCUT2D eigenvalue weighted by Crippen LogP contribution is 2.52. The molecule has 0 aromatic heterocycles. The molecule has 0 radical (unpaired) electrons. The lowest BCUT2D eigenvalue weighted by Gasteiger charge is -2.26. The van der Waals surface area contributed by atoms with Gasteiger partial charge in [-0.1, -0.05) is 152 Å². The predicted molar refractivity (Wildman–Crippen MR) is 166 cm³/mol. The van der Waals surface area contributed by atoms with E-state index in [1.165, 1.54) is 59.2 Å². The van der Waals surface area contributed by atoms with E-state index < -0.39 is 0 Å². The van der Waals surface area contributed by atoms with Gasteiger partial charge in [0.2, 0.25) is 0 Å². The largest absolute Gasteiger partial charge is 0.0622 e. The van der Waals surface area contributed by atoms with Crippen LogP contribution in [0.4, 0.5) is 0 Å².